The molecule has 1 aromatic rings. The van der Waals surface area contributed by atoms with Crippen LogP contribution in [0.2, 0.25) is 0 Å². The normalized spacial score (nSPS) is 24.8. The molecule has 1 heterocycles. The molecule has 0 aromatic heterocycles. The molecule has 2 atom stereocenters. The first-order chi connectivity index (χ1) is 8.50. The van der Waals surface area contributed by atoms with Crippen LogP contribution >= 0.6 is 34.4 Å². The second-order valence-electron chi connectivity index (χ2n) is 5.74. The second kappa shape index (κ2) is 5.95. The molecule has 1 aliphatic rings. The molecular formula is C15H20INS. The molecule has 0 amide bonds. The van der Waals surface area contributed by atoms with E-state index in [1.165, 1.54) is 15.0 Å². The van der Waals surface area contributed by atoms with Crippen LogP contribution < -0.4 is 0 Å². The summed E-state index contributed by atoms with van der Waals surface area (Å²) in [5.41, 5.74) is 1.52. The summed E-state index contributed by atoms with van der Waals surface area (Å²) in [5.74, 6) is 0. The first-order valence-corrected chi connectivity index (χ1v) is 8.77. The van der Waals surface area contributed by atoms with Gasteiger partial charge in [-0.3, -0.25) is 4.99 Å². The zero-order valence-electron chi connectivity index (χ0n) is 11.2. The van der Waals surface area contributed by atoms with Crippen LogP contribution in [0.25, 0.3) is 0 Å². The lowest BCUT2D eigenvalue weighted by Gasteiger charge is -2.32. The quantitative estimate of drug-likeness (QED) is 0.518. The molecule has 0 aliphatic carbocycles. The fourth-order valence-corrected chi connectivity index (χ4v) is 4.13. The van der Waals surface area contributed by atoms with Gasteiger partial charge in [-0.15, -0.1) is 11.8 Å². The Morgan fingerprint density at radius 3 is 2.50 bits per heavy atom. The number of hydrogen-bond acceptors (Lipinski definition) is 2. The Kier molecular flexibility index (Phi) is 4.75. The second-order valence-corrected chi connectivity index (χ2v) is 7.91. The molecule has 0 bridgehead atoms. The van der Waals surface area contributed by atoms with Gasteiger partial charge in [-0.2, -0.15) is 0 Å². The minimum absolute atomic E-state index is 0.169. The topological polar surface area (TPSA) is 12.4 Å². The maximum atomic E-state index is 5.00. The van der Waals surface area contributed by atoms with Gasteiger partial charge in [0, 0.05) is 15.1 Å². The van der Waals surface area contributed by atoms with E-state index in [0.717, 1.165) is 6.42 Å². The summed E-state index contributed by atoms with van der Waals surface area (Å²) < 4.78 is 1.20. The Balaban J connectivity index is 2.30. The SMILES string of the molecule is CC(C)(C)C1=NC(c2ccccc2)CC(CI)S1. The van der Waals surface area contributed by atoms with Crippen molar-refractivity contribution in [3.05, 3.63) is 35.9 Å². The van der Waals surface area contributed by atoms with Crippen molar-refractivity contribution in [3.8, 4) is 0 Å². The van der Waals surface area contributed by atoms with Gasteiger partial charge >= 0.3 is 0 Å². The van der Waals surface area contributed by atoms with Crippen LogP contribution in [0, 0.1) is 5.41 Å². The molecular weight excluding hydrogens is 353 g/mol. The van der Waals surface area contributed by atoms with E-state index < -0.39 is 0 Å². The van der Waals surface area contributed by atoms with E-state index in [1.807, 2.05) is 11.8 Å². The van der Waals surface area contributed by atoms with E-state index in [1.54, 1.807) is 0 Å². The van der Waals surface area contributed by atoms with Crippen LogP contribution in [-0.2, 0) is 0 Å². The summed E-state index contributed by atoms with van der Waals surface area (Å²) in [5, 5.41) is 2.01. The van der Waals surface area contributed by atoms with Gasteiger partial charge < -0.3 is 0 Å². The number of aliphatic imine (C=N–C) groups is 1. The summed E-state index contributed by atoms with van der Waals surface area (Å²) in [6, 6.07) is 11.1. The van der Waals surface area contributed by atoms with E-state index in [-0.39, 0.29) is 5.41 Å². The van der Waals surface area contributed by atoms with E-state index in [9.17, 15) is 0 Å². The van der Waals surface area contributed by atoms with Crippen molar-refractivity contribution >= 4 is 39.4 Å². The predicted molar refractivity (Wildman–Crippen MR) is 91.0 cm³/mol. The summed E-state index contributed by atoms with van der Waals surface area (Å²) in [7, 11) is 0. The highest BCUT2D eigenvalue weighted by atomic mass is 127. The van der Waals surface area contributed by atoms with Crippen molar-refractivity contribution in [1.29, 1.82) is 0 Å². The Morgan fingerprint density at radius 1 is 1.28 bits per heavy atom. The molecule has 0 saturated heterocycles. The smallest absolute Gasteiger partial charge is 0.0769 e. The molecule has 0 radical (unpaired) electrons. The molecule has 3 heteroatoms. The van der Waals surface area contributed by atoms with Crippen molar-refractivity contribution in [2.75, 3.05) is 4.43 Å². The van der Waals surface area contributed by atoms with Crippen LogP contribution in [0.1, 0.15) is 38.8 Å². The lowest BCUT2D eigenvalue weighted by Crippen LogP contribution is -2.27. The third-order valence-corrected chi connectivity index (χ3v) is 6.33. The summed E-state index contributed by atoms with van der Waals surface area (Å²) >= 11 is 4.48. The number of rotatable bonds is 2. The number of nitrogens with zero attached hydrogens (tertiary/aromatic N) is 1. The van der Waals surface area contributed by atoms with E-state index in [0.29, 0.717) is 11.3 Å². The van der Waals surface area contributed by atoms with Crippen molar-refractivity contribution in [2.45, 2.75) is 38.5 Å². The number of hydrogen-bond donors (Lipinski definition) is 0. The molecule has 2 unspecified atom stereocenters. The highest BCUT2D eigenvalue weighted by Gasteiger charge is 2.30. The van der Waals surface area contributed by atoms with Gasteiger partial charge in [0.15, 0.2) is 0 Å². The Morgan fingerprint density at radius 2 is 1.94 bits per heavy atom. The minimum atomic E-state index is 0.169. The lowest BCUT2D eigenvalue weighted by molar-refractivity contribution is 0.573. The van der Waals surface area contributed by atoms with Gasteiger partial charge in [0.05, 0.1) is 11.1 Å². The van der Waals surface area contributed by atoms with Crippen molar-refractivity contribution < 1.29 is 0 Å². The molecule has 1 nitrogen and oxygen atoms in total. The van der Waals surface area contributed by atoms with Crippen molar-refractivity contribution in [1.82, 2.24) is 0 Å². The van der Waals surface area contributed by atoms with Crippen LogP contribution in [0.15, 0.2) is 35.3 Å². The average Bonchev–Trinajstić information content (AvgIpc) is 2.38. The molecule has 1 aliphatic heterocycles. The molecule has 1 aromatic carbocycles. The molecule has 0 N–H and O–H groups in total. The average molecular weight is 373 g/mol. The van der Waals surface area contributed by atoms with Crippen LogP contribution in [0.5, 0.6) is 0 Å². The Hall–Kier alpha value is -0.0300. The lowest BCUT2D eigenvalue weighted by atomic mass is 9.97. The van der Waals surface area contributed by atoms with Gasteiger partial charge in [-0.05, 0) is 12.0 Å². The first kappa shape index (κ1) is 14.4. The molecule has 0 saturated carbocycles. The highest BCUT2D eigenvalue weighted by Crippen LogP contribution is 2.40. The van der Waals surface area contributed by atoms with Gasteiger partial charge in [-0.1, -0.05) is 73.7 Å². The molecule has 0 spiro atoms. The maximum absolute atomic E-state index is 5.00. The number of halogens is 1. The Bertz CT molecular complexity index is 422. The van der Waals surface area contributed by atoms with Crippen LogP contribution in [0.4, 0.5) is 0 Å². The van der Waals surface area contributed by atoms with Gasteiger partial charge in [0.25, 0.3) is 0 Å². The standard InChI is InChI=1S/C15H20INS/c1-15(2,3)14-17-13(9-12(10-16)18-14)11-7-5-4-6-8-11/h4-8,12-13H,9-10H2,1-3H3. The molecule has 0 fully saturated rings. The number of alkyl halides is 1. The summed E-state index contributed by atoms with van der Waals surface area (Å²) in [6.07, 6.45) is 1.16. The van der Waals surface area contributed by atoms with Gasteiger partial charge in [-0.25, -0.2) is 0 Å². The minimum Gasteiger partial charge on any atom is -0.274 e. The van der Waals surface area contributed by atoms with Crippen LogP contribution in [0.3, 0.4) is 0 Å². The van der Waals surface area contributed by atoms with Crippen molar-refractivity contribution in [3.63, 3.8) is 0 Å². The predicted octanol–water partition coefficient (Wildman–Crippen LogP) is 5.11. The van der Waals surface area contributed by atoms with E-state index >= 15 is 0 Å². The third-order valence-electron chi connectivity index (χ3n) is 3.04. The van der Waals surface area contributed by atoms with E-state index in [2.05, 4.69) is 73.7 Å². The highest BCUT2D eigenvalue weighted by molar-refractivity contribution is 14.1. The summed E-state index contributed by atoms with van der Waals surface area (Å²) in [4.78, 5) is 5.00. The Labute approximate surface area is 128 Å². The maximum Gasteiger partial charge on any atom is 0.0769 e. The zero-order chi connectivity index (χ0) is 13.2. The number of benzene rings is 1. The van der Waals surface area contributed by atoms with Crippen LogP contribution in [-0.4, -0.2) is 14.7 Å². The van der Waals surface area contributed by atoms with Crippen molar-refractivity contribution in [2.24, 2.45) is 10.4 Å². The first-order valence-electron chi connectivity index (χ1n) is 6.36. The fraction of sp³-hybridized carbons (Fsp3) is 0.533. The van der Waals surface area contributed by atoms with Gasteiger partial charge in [0.2, 0.25) is 0 Å². The molecule has 2 rings (SSSR count). The summed E-state index contributed by atoms with van der Waals surface area (Å²) in [6.45, 7) is 6.78. The fourth-order valence-electron chi connectivity index (χ4n) is 2.03. The monoisotopic (exact) mass is 373 g/mol. The van der Waals surface area contributed by atoms with E-state index in [4.69, 9.17) is 4.99 Å². The number of thioether (sulfide) groups is 1. The largest absolute Gasteiger partial charge is 0.274 e. The zero-order valence-corrected chi connectivity index (χ0v) is 14.2. The van der Waals surface area contributed by atoms with Gasteiger partial charge in [0.1, 0.15) is 0 Å². The third kappa shape index (κ3) is 3.50. The molecule has 18 heavy (non-hydrogen) atoms. The molecule has 98 valence electrons.